The zero-order valence-corrected chi connectivity index (χ0v) is 10.2. The quantitative estimate of drug-likeness (QED) is 0.790. The smallest absolute Gasteiger partial charge is 0.259 e. The number of nitrogens with one attached hydrogen (secondary N) is 2. The number of benzene rings is 1. The zero-order valence-electron chi connectivity index (χ0n) is 10.2. The maximum Gasteiger partial charge on any atom is 0.259 e. The number of nitrogens with zero attached hydrogens (tertiary/aromatic N) is 1. The molecule has 0 aliphatic carbocycles. The van der Waals surface area contributed by atoms with Crippen molar-refractivity contribution in [3.8, 4) is 12.3 Å². The summed E-state index contributed by atoms with van der Waals surface area (Å²) in [6.07, 6.45) is 5.31. The summed E-state index contributed by atoms with van der Waals surface area (Å²) < 4.78 is 0. The molecule has 0 aliphatic rings. The van der Waals surface area contributed by atoms with Gasteiger partial charge in [0, 0.05) is 16.9 Å². The maximum atomic E-state index is 12.1. The number of hydrogen-bond acceptors (Lipinski definition) is 2. The monoisotopic (exact) mass is 239 g/mol. The minimum absolute atomic E-state index is 0.187. The fourth-order valence-corrected chi connectivity index (χ4v) is 1.77. The molecule has 0 aliphatic heterocycles. The summed E-state index contributed by atoms with van der Waals surface area (Å²) in [6, 6.07) is 7.16. The lowest BCUT2D eigenvalue weighted by Gasteiger charge is -2.05. The average Bonchev–Trinajstić information content (AvgIpc) is 2.69. The van der Waals surface area contributed by atoms with Gasteiger partial charge in [-0.05, 0) is 32.0 Å². The molecule has 90 valence electrons. The van der Waals surface area contributed by atoms with Crippen LogP contribution in [0.5, 0.6) is 0 Å². The predicted octanol–water partition coefficient (Wildman–Crippen LogP) is 2.26. The Bertz CT molecular complexity index is 615. The first-order valence-corrected chi connectivity index (χ1v) is 5.51. The molecule has 1 amide bonds. The molecule has 1 heterocycles. The first-order chi connectivity index (χ1) is 8.61. The van der Waals surface area contributed by atoms with Crippen LogP contribution < -0.4 is 5.32 Å². The normalized spacial score (nSPS) is 9.83. The molecule has 0 radical (unpaired) electrons. The molecule has 1 aromatic carbocycles. The van der Waals surface area contributed by atoms with Crippen LogP contribution in [-0.2, 0) is 0 Å². The Balaban J connectivity index is 2.25. The van der Waals surface area contributed by atoms with Crippen LogP contribution in [0.1, 0.15) is 27.3 Å². The summed E-state index contributed by atoms with van der Waals surface area (Å²) in [6.45, 7) is 3.60. The third-order valence-electron chi connectivity index (χ3n) is 2.64. The lowest BCUT2D eigenvalue weighted by molar-refractivity contribution is 0.102. The van der Waals surface area contributed by atoms with E-state index in [1.165, 1.54) is 0 Å². The van der Waals surface area contributed by atoms with Crippen molar-refractivity contribution in [2.24, 2.45) is 0 Å². The van der Waals surface area contributed by atoms with Gasteiger partial charge in [-0.3, -0.25) is 9.89 Å². The van der Waals surface area contributed by atoms with E-state index in [-0.39, 0.29) is 5.91 Å². The zero-order chi connectivity index (χ0) is 13.1. The molecule has 2 aromatic rings. The van der Waals surface area contributed by atoms with E-state index in [1.807, 2.05) is 13.0 Å². The second kappa shape index (κ2) is 4.76. The number of aromatic nitrogens is 2. The summed E-state index contributed by atoms with van der Waals surface area (Å²) in [5.74, 6) is 2.34. The molecule has 0 spiro atoms. The van der Waals surface area contributed by atoms with Crippen molar-refractivity contribution in [2.75, 3.05) is 5.32 Å². The van der Waals surface area contributed by atoms with E-state index in [9.17, 15) is 4.79 Å². The Morgan fingerprint density at radius 2 is 2.22 bits per heavy atom. The van der Waals surface area contributed by atoms with Crippen LogP contribution in [0.25, 0.3) is 0 Å². The van der Waals surface area contributed by atoms with Crippen molar-refractivity contribution in [1.29, 1.82) is 0 Å². The Morgan fingerprint density at radius 1 is 1.44 bits per heavy atom. The maximum absolute atomic E-state index is 12.1. The Morgan fingerprint density at radius 3 is 2.83 bits per heavy atom. The van der Waals surface area contributed by atoms with E-state index < -0.39 is 0 Å². The minimum atomic E-state index is -0.187. The highest BCUT2D eigenvalue weighted by Gasteiger charge is 2.15. The van der Waals surface area contributed by atoms with E-state index in [4.69, 9.17) is 6.42 Å². The van der Waals surface area contributed by atoms with Gasteiger partial charge in [0.25, 0.3) is 5.91 Å². The van der Waals surface area contributed by atoms with Gasteiger partial charge in [-0.25, -0.2) is 0 Å². The van der Waals surface area contributed by atoms with Crippen molar-refractivity contribution >= 4 is 11.6 Å². The van der Waals surface area contributed by atoms with Gasteiger partial charge in [0.2, 0.25) is 0 Å². The fraction of sp³-hybridized carbons (Fsp3) is 0.143. The van der Waals surface area contributed by atoms with Crippen LogP contribution in [0.15, 0.2) is 24.3 Å². The van der Waals surface area contributed by atoms with Crippen LogP contribution in [-0.4, -0.2) is 16.1 Å². The van der Waals surface area contributed by atoms with Crippen LogP contribution in [0, 0.1) is 26.2 Å². The Kier molecular flexibility index (Phi) is 3.16. The number of aryl methyl sites for hydroxylation is 2. The topological polar surface area (TPSA) is 57.8 Å². The number of carbonyl (C=O) groups is 1. The van der Waals surface area contributed by atoms with Crippen molar-refractivity contribution in [3.63, 3.8) is 0 Å². The third-order valence-corrected chi connectivity index (χ3v) is 2.64. The van der Waals surface area contributed by atoms with Crippen LogP contribution >= 0.6 is 0 Å². The number of aromatic amines is 1. The second-order valence-corrected chi connectivity index (χ2v) is 3.99. The number of anilines is 1. The van der Waals surface area contributed by atoms with Gasteiger partial charge >= 0.3 is 0 Å². The molecule has 2 N–H and O–H groups in total. The van der Waals surface area contributed by atoms with Crippen LogP contribution in [0.2, 0.25) is 0 Å². The third kappa shape index (κ3) is 2.25. The minimum Gasteiger partial charge on any atom is -0.322 e. The molecule has 0 fully saturated rings. The molecule has 0 saturated carbocycles. The average molecular weight is 239 g/mol. The van der Waals surface area contributed by atoms with E-state index in [0.717, 1.165) is 11.3 Å². The molecule has 18 heavy (non-hydrogen) atoms. The van der Waals surface area contributed by atoms with Gasteiger partial charge in [-0.2, -0.15) is 5.10 Å². The number of carbonyl (C=O) groups excluding carboxylic acids is 1. The highest BCUT2D eigenvalue weighted by atomic mass is 16.1. The van der Waals surface area contributed by atoms with Gasteiger partial charge in [0.1, 0.15) is 0 Å². The molecular weight excluding hydrogens is 226 g/mol. The summed E-state index contributed by atoms with van der Waals surface area (Å²) in [5, 5.41) is 9.58. The largest absolute Gasteiger partial charge is 0.322 e. The summed E-state index contributed by atoms with van der Waals surface area (Å²) in [7, 11) is 0. The molecule has 0 atom stereocenters. The lowest BCUT2D eigenvalue weighted by Crippen LogP contribution is -2.13. The molecule has 1 aromatic heterocycles. The Hall–Kier alpha value is -2.54. The first-order valence-electron chi connectivity index (χ1n) is 5.51. The fourth-order valence-electron chi connectivity index (χ4n) is 1.77. The van der Waals surface area contributed by atoms with Crippen molar-refractivity contribution in [1.82, 2.24) is 10.2 Å². The second-order valence-electron chi connectivity index (χ2n) is 3.99. The molecule has 0 bridgehead atoms. The van der Waals surface area contributed by atoms with E-state index >= 15 is 0 Å². The standard InChI is InChI=1S/C14H13N3O/c1-4-11-6-5-7-12(8-11)15-14(18)13-9(2)16-17-10(13)3/h1,5-8H,2-3H3,(H,15,18)(H,16,17). The van der Waals surface area contributed by atoms with Crippen molar-refractivity contribution in [3.05, 3.63) is 46.8 Å². The summed E-state index contributed by atoms with van der Waals surface area (Å²) >= 11 is 0. The van der Waals surface area contributed by atoms with E-state index in [2.05, 4.69) is 21.4 Å². The van der Waals surface area contributed by atoms with Gasteiger partial charge in [0.05, 0.1) is 11.3 Å². The number of H-pyrrole nitrogens is 1. The molecule has 4 heteroatoms. The van der Waals surface area contributed by atoms with E-state index in [0.29, 0.717) is 16.9 Å². The number of terminal acetylenes is 1. The lowest BCUT2D eigenvalue weighted by atomic mass is 10.1. The van der Waals surface area contributed by atoms with Gasteiger partial charge in [0.15, 0.2) is 0 Å². The van der Waals surface area contributed by atoms with Gasteiger partial charge in [-0.15, -0.1) is 6.42 Å². The SMILES string of the molecule is C#Cc1cccc(NC(=O)c2c(C)n[nH]c2C)c1. The number of hydrogen-bond donors (Lipinski definition) is 2. The molecular formula is C14H13N3O. The van der Waals surface area contributed by atoms with E-state index in [1.54, 1.807) is 25.1 Å². The summed E-state index contributed by atoms with van der Waals surface area (Å²) in [5.41, 5.74) is 3.40. The molecule has 4 nitrogen and oxygen atoms in total. The van der Waals surface area contributed by atoms with Crippen LogP contribution in [0.3, 0.4) is 0 Å². The first kappa shape index (κ1) is 11.9. The predicted molar refractivity (Wildman–Crippen MR) is 70.4 cm³/mol. The molecule has 2 rings (SSSR count). The highest BCUT2D eigenvalue weighted by molar-refractivity contribution is 6.05. The van der Waals surface area contributed by atoms with Gasteiger partial charge in [-0.1, -0.05) is 12.0 Å². The van der Waals surface area contributed by atoms with Gasteiger partial charge < -0.3 is 5.32 Å². The van der Waals surface area contributed by atoms with Crippen molar-refractivity contribution in [2.45, 2.75) is 13.8 Å². The molecule has 0 saturated heterocycles. The molecule has 0 unspecified atom stereocenters. The van der Waals surface area contributed by atoms with Crippen LogP contribution in [0.4, 0.5) is 5.69 Å². The highest BCUT2D eigenvalue weighted by Crippen LogP contribution is 2.14. The number of amides is 1. The Labute approximate surface area is 105 Å². The summed E-state index contributed by atoms with van der Waals surface area (Å²) in [4.78, 5) is 12.1. The number of rotatable bonds is 2. The van der Waals surface area contributed by atoms with Crippen molar-refractivity contribution < 1.29 is 4.79 Å².